The summed E-state index contributed by atoms with van der Waals surface area (Å²) in [4.78, 5) is 50.1. The van der Waals surface area contributed by atoms with Gasteiger partial charge in [0.05, 0.1) is 39.6 Å². The van der Waals surface area contributed by atoms with E-state index in [1.54, 1.807) is 36.4 Å². The van der Waals surface area contributed by atoms with Gasteiger partial charge >= 0.3 is 5.97 Å². The Bertz CT molecular complexity index is 1580. The zero-order chi connectivity index (χ0) is 31.1. The monoisotopic (exact) mass is 589 g/mol. The first-order valence-corrected chi connectivity index (χ1v) is 13.7. The van der Waals surface area contributed by atoms with Crippen LogP contribution in [0.2, 0.25) is 0 Å². The summed E-state index contributed by atoms with van der Waals surface area (Å²) in [5.74, 6) is -0.701. The van der Waals surface area contributed by atoms with Crippen molar-refractivity contribution in [2.24, 2.45) is 0 Å². The molecule has 4 N–H and O–H groups in total. The molecule has 2 amide bonds. The number of carboxylic acid groups (broad SMARTS) is 1. The Balaban J connectivity index is 1.69. The number of nitrogens with one attached hydrogen (secondary N) is 3. The van der Waals surface area contributed by atoms with Crippen molar-refractivity contribution >= 4 is 23.5 Å². The fourth-order valence-electron chi connectivity index (χ4n) is 5.32. The second-order valence-corrected chi connectivity index (χ2v) is 10.1. The van der Waals surface area contributed by atoms with E-state index < -0.39 is 29.4 Å². The summed E-state index contributed by atoms with van der Waals surface area (Å²) in [5, 5.41) is 17.9. The van der Waals surface area contributed by atoms with Crippen LogP contribution in [0.5, 0.6) is 17.2 Å². The van der Waals surface area contributed by atoms with Gasteiger partial charge in [0.25, 0.3) is 0 Å². The fraction of sp³-hybridized carbons (Fsp3) is 0.312. The average molecular weight is 590 g/mol. The van der Waals surface area contributed by atoms with Gasteiger partial charge in [0.2, 0.25) is 23.0 Å². The molecule has 11 heteroatoms. The lowest BCUT2D eigenvalue weighted by Gasteiger charge is -2.19. The lowest BCUT2D eigenvalue weighted by molar-refractivity contribution is -0.141. The van der Waals surface area contributed by atoms with Crippen LogP contribution in [0.1, 0.15) is 36.1 Å². The van der Waals surface area contributed by atoms with Crippen molar-refractivity contribution in [1.29, 1.82) is 0 Å². The van der Waals surface area contributed by atoms with Gasteiger partial charge in [-0.3, -0.25) is 14.4 Å². The minimum absolute atomic E-state index is 0.113. The standard InChI is InChI=1S/C32H35N3O8/c1-18(36)34-23-12-10-20-15-27(41-2)30(42-3)31(43-4)29(20)21-11-13-24(26(37)16-22(21)23)33-17-28(38)35-25(32(39)40)14-19-8-6-5-7-9-19/h5-9,11,13,15-16,23,25H,10,12,14,17H2,1-4H3,(H,33,37)(H,34,36)(H,35,38)(H,39,40). The topological polar surface area (TPSA) is 152 Å². The first kappa shape index (κ1) is 30.9. The number of ether oxygens (including phenoxy) is 3. The predicted molar refractivity (Wildman–Crippen MR) is 161 cm³/mol. The molecular weight excluding hydrogens is 554 g/mol. The van der Waals surface area contributed by atoms with Gasteiger partial charge in [-0.2, -0.15) is 0 Å². The molecule has 0 aromatic heterocycles. The maximum atomic E-state index is 13.4. The summed E-state index contributed by atoms with van der Waals surface area (Å²) in [7, 11) is 4.56. The summed E-state index contributed by atoms with van der Waals surface area (Å²) in [5.41, 5.74) is 3.29. The molecule has 2 atom stereocenters. The van der Waals surface area contributed by atoms with Gasteiger partial charge in [0, 0.05) is 18.9 Å². The van der Waals surface area contributed by atoms with E-state index in [1.165, 1.54) is 34.3 Å². The number of carboxylic acids is 1. The van der Waals surface area contributed by atoms with Crippen molar-refractivity contribution in [2.45, 2.75) is 38.3 Å². The van der Waals surface area contributed by atoms with Crippen LogP contribution in [0.25, 0.3) is 11.1 Å². The molecule has 0 fully saturated rings. The Hall–Kier alpha value is -5.06. The number of aliphatic carboxylic acids is 1. The molecule has 1 aliphatic rings. The molecule has 43 heavy (non-hydrogen) atoms. The van der Waals surface area contributed by atoms with Crippen molar-refractivity contribution in [3.8, 4) is 28.4 Å². The summed E-state index contributed by atoms with van der Waals surface area (Å²) >= 11 is 0. The van der Waals surface area contributed by atoms with Gasteiger partial charge in [0.15, 0.2) is 11.5 Å². The number of fused-ring (bicyclic) bond motifs is 3. The molecule has 0 aliphatic heterocycles. The lowest BCUT2D eigenvalue weighted by atomic mass is 9.95. The van der Waals surface area contributed by atoms with E-state index in [2.05, 4.69) is 16.0 Å². The highest BCUT2D eigenvalue weighted by atomic mass is 16.5. The maximum absolute atomic E-state index is 13.4. The lowest BCUT2D eigenvalue weighted by Crippen LogP contribution is -2.44. The van der Waals surface area contributed by atoms with Gasteiger partial charge in [0.1, 0.15) is 6.04 Å². The van der Waals surface area contributed by atoms with Crippen LogP contribution in [0.3, 0.4) is 0 Å². The van der Waals surface area contributed by atoms with E-state index in [0.717, 1.165) is 11.1 Å². The molecule has 0 saturated carbocycles. The summed E-state index contributed by atoms with van der Waals surface area (Å²) in [6, 6.07) is 14.0. The molecule has 3 aromatic rings. The SMILES string of the molecule is COc1cc2c(c(OC)c1OC)-c1ccc(NCC(=O)NC(Cc3ccccc3)C(=O)O)c(=O)cc1C(NC(C)=O)CC2. The molecule has 4 rings (SSSR count). The molecule has 0 bridgehead atoms. The smallest absolute Gasteiger partial charge is 0.326 e. The van der Waals surface area contributed by atoms with Crippen molar-refractivity contribution in [2.75, 3.05) is 33.2 Å². The van der Waals surface area contributed by atoms with Crippen LogP contribution in [0, 0.1) is 0 Å². The van der Waals surface area contributed by atoms with Crippen molar-refractivity contribution in [3.05, 3.63) is 81.5 Å². The van der Waals surface area contributed by atoms with Crippen LogP contribution >= 0.6 is 0 Å². The number of hydrogen-bond donors (Lipinski definition) is 4. The second-order valence-electron chi connectivity index (χ2n) is 10.1. The molecule has 0 heterocycles. The molecule has 3 aromatic carbocycles. The molecule has 11 nitrogen and oxygen atoms in total. The van der Waals surface area contributed by atoms with Crippen molar-refractivity contribution < 1.29 is 33.7 Å². The van der Waals surface area contributed by atoms with E-state index in [4.69, 9.17) is 14.2 Å². The van der Waals surface area contributed by atoms with Crippen LogP contribution in [0.15, 0.2) is 59.4 Å². The zero-order valence-electron chi connectivity index (χ0n) is 24.5. The molecule has 2 unspecified atom stereocenters. The molecule has 0 saturated heterocycles. The highest BCUT2D eigenvalue weighted by Gasteiger charge is 2.29. The zero-order valence-corrected chi connectivity index (χ0v) is 24.5. The van der Waals surface area contributed by atoms with Crippen LogP contribution in [-0.2, 0) is 27.2 Å². The number of benzene rings is 2. The largest absolute Gasteiger partial charge is 0.493 e. The van der Waals surface area contributed by atoms with Gasteiger partial charge < -0.3 is 35.3 Å². The average Bonchev–Trinajstić information content (AvgIpc) is 3.23. The number of carbonyl (C=O) groups is 3. The van der Waals surface area contributed by atoms with Crippen LogP contribution in [-0.4, -0.2) is 56.8 Å². The Morgan fingerprint density at radius 3 is 2.33 bits per heavy atom. The van der Waals surface area contributed by atoms with E-state index >= 15 is 0 Å². The van der Waals surface area contributed by atoms with Crippen molar-refractivity contribution in [3.63, 3.8) is 0 Å². The Labute approximate surface area is 249 Å². The maximum Gasteiger partial charge on any atom is 0.326 e. The van der Waals surface area contributed by atoms with Gasteiger partial charge in [-0.05, 0) is 53.3 Å². The third-order valence-electron chi connectivity index (χ3n) is 7.27. The fourth-order valence-corrected chi connectivity index (χ4v) is 5.32. The first-order valence-electron chi connectivity index (χ1n) is 13.7. The van der Waals surface area contributed by atoms with Gasteiger partial charge in [-0.25, -0.2) is 4.79 Å². The number of carbonyl (C=O) groups excluding carboxylic acids is 2. The van der Waals surface area contributed by atoms with E-state index in [0.29, 0.717) is 46.8 Å². The quantitative estimate of drug-likeness (QED) is 0.264. The van der Waals surface area contributed by atoms with E-state index in [-0.39, 0.29) is 24.6 Å². The Morgan fingerprint density at radius 1 is 0.977 bits per heavy atom. The second kappa shape index (κ2) is 13.7. The number of anilines is 1. The number of aryl methyl sites for hydroxylation is 1. The molecule has 0 radical (unpaired) electrons. The summed E-state index contributed by atoms with van der Waals surface area (Å²) < 4.78 is 16.9. The third kappa shape index (κ3) is 7.06. The minimum atomic E-state index is -1.17. The first-order chi connectivity index (χ1) is 20.7. The highest BCUT2D eigenvalue weighted by molar-refractivity contribution is 5.87. The Morgan fingerprint density at radius 2 is 1.70 bits per heavy atom. The number of amides is 2. The molecular formula is C32H35N3O8. The normalized spacial score (nSPS) is 14.2. The summed E-state index contributed by atoms with van der Waals surface area (Å²) in [6.07, 6.45) is 1.18. The van der Waals surface area contributed by atoms with Crippen LogP contribution in [0.4, 0.5) is 5.69 Å². The van der Waals surface area contributed by atoms with Gasteiger partial charge in [-0.15, -0.1) is 0 Å². The molecule has 0 spiro atoms. The molecule has 1 aliphatic carbocycles. The van der Waals surface area contributed by atoms with Gasteiger partial charge in [-0.1, -0.05) is 36.4 Å². The highest BCUT2D eigenvalue weighted by Crippen LogP contribution is 2.50. The molecule has 226 valence electrons. The van der Waals surface area contributed by atoms with Crippen molar-refractivity contribution in [1.82, 2.24) is 10.6 Å². The number of hydrogen-bond acceptors (Lipinski definition) is 8. The third-order valence-corrected chi connectivity index (χ3v) is 7.27. The van der Waals surface area contributed by atoms with E-state index in [1.807, 2.05) is 12.1 Å². The number of methoxy groups -OCH3 is 3. The van der Waals surface area contributed by atoms with E-state index in [9.17, 15) is 24.3 Å². The predicted octanol–water partition coefficient (Wildman–Crippen LogP) is 3.09. The van der Waals surface area contributed by atoms with Crippen LogP contribution < -0.4 is 35.6 Å². The Kier molecular flexibility index (Phi) is 9.87. The minimum Gasteiger partial charge on any atom is -0.493 e. The summed E-state index contributed by atoms with van der Waals surface area (Å²) in [6.45, 7) is 1.09. The number of rotatable bonds is 11.